The molecule has 20 heavy (non-hydrogen) atoms. The lowest BCUT2D eigenvalue weighted by Gasteiger charge is -2.00. The van der Waals surface area contributed by atoms with Crippen molar-refractivity contribution in [2.45, 2.75) is 11.8 Å². The molecule has 0 bridgehead atoms. The molecular weight excluding hydrogens is 276 g/mol. The lowest BCUT2D eigenvalue weighted by atomic mass is 10.1. The van der Waals surface area contributed by atoms with Gasteiger partial charge in [0, 0.05) is 11.1 Å². The van der Waals surface area contributed by atoms with Crippen molar-refractivity contribution in [3.05, 3.63) is 64.7 Å². The zero-order valence-corrected chi connectivity index (χ0v) is 11.4. The molecule has 0 radical (unpaired) electrons. The summed E-state index contributed by atoms with van der Waals surface area (Å²) in [6.07, 6.45) is 0. The Balaban J connectivity index is 2.32. The number of thioether (sulfide) groups is 1. The van der Waals surface area contributed by atoms with Crippen molar-refractivity contribution < 1.29 is 8.78 Å². The molecule has 0 saturated heterocycles. The van der Waals surface area contributed by atoms with Crippen LogP contribution >= 0.6 is 11.8 Å². The highest BCUT2D eigenvalue weighted by Crippen LogP contribution is 2.25. The van der Waals surface area contributed by atoms with E-state index in [0.717, 1.165) is 23.3 Å². The van der Waals surface area contributed by atoms with E-state index in [1.807, 2.05) is 31.2 Å². The number of aryl methyl sites for hydroxylation is 1. The highest BCUT2D eigenvalue weighted by molar-refractivity contribution is 8.03. The Labute approximate surface area is 120 Å². The minimum absolute atomic E-state index is 0.239. The molecule has 0 N–H and O–H groups in total. The Morgan fingerprint density at radius 2 is 1.50 bits per heavy atom. The van der Waals surface area contributed by atoms with Gasteiger partial charge in [-0.15, -0.1) is 0 Å². The van der Waals surface area contributed by atoms with E-state index in [-0.39, 0.29) is 10.5 Å². The van der Waals surface area contributed by atoms with E-state index >= 15 is 0 Å². The monoisotopic (exact) mass is 285 g/mol. The summed E-state index contributed by atoms with van der Waals surface area (Å²) in [4.78, 5) is -0.298. The quantitative estimate of drug-likeness (QED) is 0.444. The zero-order chi connectivity index (χ0) is 14.5. The molecule has 0 atom stereocenters. The smallest absolute Gasteiger partial charge is 0.142 e. The second-order valence-electron chi connectivity index (χ2n) is 4.08. The van der Waals surface area contributed by atoms with E-state index in [0.29, 0.717) is 11.8 Å². The van der Waals surface area contributed by atoms with Gasteiger partial charge in [-0.1, -0.05) is 29.5 Å². The molecule has 2 rings (SSSR count). The first-order valence-electron chi connectivity index (χ1n) is 5.74. The molecule has 4 heteroatoms. The molecule has 0 aromatic heterocycles. The predicted octanol–water partition coefficient (Wildman–Crippen LogP) is 4.25. The van der Waals surface area contributed by atoms with Crippen molar-refractivity contribution in [2.75, 3.05) is 0 Å². The molecule has 0 amide bonds. The highest BCUT2D eigenvalue weighted by Gasteiger charge is 2.10. The Bertz CT molecular complexity index is 711. The molecular formula is C16H9F2NS. The van der Waals surface area contributed by atoms with Gasteiger partial charge < -0.3 is 0 Å². The Kier molecular flexibility index (Phi) is 4.40. The molecule has 1 nitrogen and oxygen atoms in total. The second-order valence-corrected chi connectivity index (χ2v) is 4.87. The van der Waals surface area contributed by atoms with Gasteiger partial charge in [0.1, 0.15) is 17.0 Å². The number of rotatable bonds is 1. The summed E-state index contributed by atoms with van der Waals surface area (Å²) in [5, 5.41) is 10.1. The number of halogens is 2. The lowest BCUT2D eigenvalue weighted by molar-refractivity contribution is 0.540. The fourth-order valence-electron chi connectivity index (χ4n) is 1.56. The van der Waals surface area contributed by atoms with Crippen LogP contribution in [0.15, 0.2) is 41.3 Å². The molecule has 0 aliphatic heterocycles. The predicted molar refractivity (Wildman–Crippen MR) is 75.0 cm³/mol. The maximum absolute atomic E-state index is 13.6. The Morgan fingerprint density at radius 3 is 2.05 bits per heavy atom. The van der Waals surface area contributed by atoms with Crippen LogP contribution < -0.4 is 0 Å². The van der Waals surface area contributed by atoms with Crippen molar-refractivity contribution in [1.82, 2.24) is 0 Å². The summed E-state index contributed by atoms with van der Waals surface area (Å²) >= 11 is 0.461. The van der Waals surface area contributed by atoms with Crippen LogP contribution in [0.5, 0.6) is 0 Å². The van der Waals surface area contributed by atoms with Gasteiger partial charge in [0.05, 0.1) is 4.90 Å². The molecule has 0 spiro atoms. The summed E-state index contributed by atoms with van der Waals surface area (Å²) in [6.45, 7) is 1.97. The van der Waals surface area contributed by atoms with Crippen LogP contribution in [-0.4, -0.2) is 0 Å². The van der Waals surface area contributed by atoms with Gasteiger partial charge in [-0.3, -0.25) is 0 Å². The maximum Gasteiger partial charge on any atom is 0.142 e. The fraction of sp³-hybridized carbons (Fsp3) is 0.0625. The zero-order valence-electron chi connectivity index (χ0n) is 10.6. The van der Waals surface area contributed by atoms with Gasteiger partial charge >= 0.3 is 0 Å². The molecule has 0 aliphatic rings. The number of hydrogen-bond acceptors (Lipinski definition) is 2. The Hall–Kier alpha value is -2.30. The van der Waals surface area contributed by atoms with Crippen molar-refractivity contribution in [3.8, 4) is 17.2 Å². The first-order valence-corrected chi connectivity index (χ1v) is 6.55. The van der Waals surface area contributed by atoms with Gasteiger partial charge in [-0.25, -0.2) is 8.78 Å². The minimum Gasteiger partial charge on any atom is -0.206 e. The standard InChI is InChI=1S/C16H9F2NS/c1-11-2-4-12(5-3-11)6-7-13-8-14(17)16(20-10-19)15(18)9-13/h2-5,8-9H,1H3. The third kappa shape index (κ3) is 3.38. The van der Waals surface area contributed by atoms with Gasteiger partial charge in [0.2, 0.25) is 0 Å². The average Bonchev–Trinajstić information content (AvgIpc) is 2.42. The third-order valence-electron chi connectivity index (χ3n) is 2.55. The summed E-state index contributed by atoms with van der Waals surface area (Å²) < 4.78 is 27.2. The van der Waals surface area contributed by atoms with E-state index < -0.39 is 11.6 Å². The van der Waals surface area contributed by atoms with Crippen molar-refractivity contribution in [3.63, 3.8) is 0 Å². The molecule has 98 valence electrons. The SMILES string of the molecule is Cc1ccc(C#Cc2cc(F)c(SC#N)c(F)c2)cc1. The molecule has 0 saturated carbocycles. The van der Waals surface area contributed by atoms with Gasteiger partial charge in [-0.05, 0) is 43.0 Å². The summed E-state index contributed by atoms with van der Waals surface area (Å²) in [5.74, 6) is 4.00. The molecule has 2 aromatic rings. The Morgan fingerprint density at radius 1 is 0.950 bits per heavy atom. The van der Waals surface area contributed by atoms with E-state index in [2.05, 4.69) is 11.8 Å². The van der Waals surface area contributed by atoms with Gasteiger partial charge in [0.25, 0.3) is 0 Å². The van der Waals surface area contributed by atoms with Gasteiger partial charge in [0.15, 0.2) is 0 Å². The lowest BCUT2D eigenvalue weighted by Crippen LogP contribution is -1.89. The number of benzene rings is 2. The number of nitriles is 1. The second kappa shape index (κ2) is 6.23. The van der Waals surface area contributed by atoms with Crippen LogP contribution in [0.4, 0.5) is 8.78 Å². The number of thiocyanates is 1. The van der Waals surface area contributed by atoms with Crippen LogP contribution in [0.2, 0.25) is 0 Å². The summed E-state index contributed by atoms with van der Waals surface area (Å²) in [7, 11) is 0. The maximum atomic E-state index is 13.6. The van der Waals surface area contributed by atoms with Crippen molar-refractivity contribution in [1.29, 1.82) is 5.26 Å². The van der Waals surface area contributed by atoms with Gasteiger partial charge in [-0.2, -0.15) is 5.26 Å². The van der Waals surface area contributed by atoms with Crippen LogP contribution in [-0.2, 0) is 0 Å². The molecule has 2 aromatic carbocycles. The van der Waals surface area contributed by atoms with E-state index in [4.69, 9.17) is 5.26 Å². The van der Waals surface area contributed by atoms with Crippen LogP contribution in [0.3, 0.4) is 0 Å². The van der Waals surface area contributed by atoms with Crippen molar-refractivity contribution in [2.24, 2.45) is 0 Å². The highest BCUT2D eigenvalue weighted by atomic mass is 32.2. The summed E-state index contributed by atoms with van der Waals surface area (Å²) in [6, 6.07) is 9.77. The van der Waals surface area contributed by atoms with E-state index in [9.17, 15) is 8.78 Å². The van der Waals surface area contributed by atoms with Crippen LogP contribution in [0.1, 0.15) is 16.7 Å². The molecule has 0 aliphatic carbocycles. The summed E-state index contributed by atoms with van der Waals surface area (Å²) in [5.41, 5.74) is 2.13. The van der Waals surface area contributed by atoms with E-state index in [1.165, 1.54) is 0 Å². The molecule has 0 fully saturated rings. The fourth-order valence-corrected chi connectivity index (χ4v) is 1.96. The van der Waals surface area contributed by atoms with Crippen LogP contribution in [0.25, 0.3) is 0 Å². The topological polar surface area (TPSA) is 23.8 Å². The normalized spacial score (nSPS) is 9.50. The minimum atomic E-state index is -0.773. The number of nitrogens with zero attached hydrogens (tertiary/aromatic N) is 1. The first-order chi connectivity index (χ1) is 9.60. The largest absolute Gasteiger partial charge is 0.206 e. The van der Waals surface area contributed by atoms with E-state index in [1.54, 1.807) is 5.40 Å². The van der Waals surface area contributed by atoms with Crippen LogP contribution in [0, 0.1) is 41.1 Å². The molecule has 0 heterocycles. The third-order valence-corrected chi connectivity index (χ3v) is 3.23. The number of hydrogen-bond donors (Lipinski definition) is 0. The van der Waals surface area contributed by atoms with Crippen molar-refractivity contribution >= 4 is 11.8 Å². The average molecular weight is 285 g/mol. The molecule has 0 unspecified atom stereocenters. The first kappa shape index (κ1) is 14.1.